The molecule has 0 radical (unpaired) electrons. The molecule has 2 aromatic carbocycles. The van der Waals surface area contributed by atoms with Gasteiger partial charge in [-0.25, -0.2) is 0 Å². The maximum atomic E-state index is 10.0. The minimum Gasteiger partial charge on any atom is -0.490 e. The van der Waals surface area contributed by atoms with E-state index in [4.69, 9.17) is 4.74 Å². The van der Waals surface area contributed by atoms with Crippen molar-refractivity contribution in [1.29, 1.82) is 0 Å². The van der Waals surface area contributed by atoms with Crippen LogP contribution >= 0.6 is 0 Å². The summed E-state index contributed by atoms with van der Waals surface area (Å²) in [6.45, 7) is 4.35. The molecule has 1 unspecified atom stereocenters. The highest BCUT2D eigenvalue weighted by molar-refractivity contribution is 5.38. The normalized spacial score (nSPS) is 12.2. The van der Waals surface area contributed by atoms with Crippen molar-refractivity contribution in [2.24, 2.45) is 0 Å². The van der Waals surface area contributed by atoms with Crippen LogP contribution in [0.4, 0.5) is 0 Å². The first kappa shape index (κ1) is 12.7. The molecular formula is C16H18O2. The van der Waals surface area contributed by atoms with Crippen LogP contribution in [0.1, 0.15) is 22.8 Å². The first-order valence-electron chi connectivity index (χ1n) is 6.10. The Kier molecular flexibility index (Phi) is 4.00. The molecular weight excluding hydrogens is 224 g/mol. The summed E-state index contributed by atoms with van der Waals surface area (Å²) >= 11 is 0. The Hall–Kier alpha value is -1.80. The van der Waals surface area contributed by atoms with Gasteiger partial charge in [0.05, 0.1) is 0 Å². The molecule has 2 rings (SSSR count). The van der Waals surface area contributed by atoms with E-state index in [1.807, 2.05) is 49.4 Å². The molecule has 18 heavy (non-hydrogen) atoms. The van der Waals surface area contributed by atoms with Crippen LogP contribution in [-0.2, 0) is 0 Å². The van der Waals surface area contributed by atoms with Gasteiger partial charge in [-0.05, 0) is 36.6 Å². The number of hydrogen-bond donors (Lipinski definition) is 1. The Morgan fingerprint density at radius 3 is 2.44 bits per heavy atom. The Balaban J connectivity index is 2.02. The standard InChI is InChI=1S/C16H18O2/c1-12-7-6-10-16(13(12)2)18-11-15(17)14-8-4-3-5-9-14/h3-10,15,17H,11H2,1-2H3. The molecule has 2 heteroatoms. The van der Waals surface area contributed by atoms with Crippen LogP contribution in [0.5, 0.6) is 5.75 Å². The maximum absolute atomic E-state index is 10.0. The first-order chi connectivity index (χ1) is 8.68. The highest BCUT2D eigenvalue weighted by Crippen LogP contribution is 2.22. The topological polar surface area (TPSA) is 29.5 Å². The van der Waals surface area contributed by atoms with Crippen molar-refractivity contribution in [2.45, 2.75) is 20.0 Å². The summed E-state index contributed by atoms with van der Waals surface area (Å²) in [5, 5.41) is 10.0. The van der Waals surface area contributed by atoms with Gasteiger partial charge in [-0.2, -0.15) is 0 Å². The van der Waals surface area contributed by atoms with E-state index < -0.39 is 6.10 Å². The van der Waals surface area contributed by atoms with Crippen molar-refractivity contribution in [2.75, 3.05) is 6.61 Å². The zero-order chi connectivity index (χ0) is 13.0. The SMILES string of the molecule is Cc1cccc(OCC(O)c2ccccc2)c1C. The van der Waals surface area contributed by atoms with Gasteiger partial charge in [-0.15, -0.1) is 0 Å². The first-order valence-corrected chi connectivity index (χ1v) is 6.10. The Morgan fingerprint density at radius 1 is 1.00 bits per heavy atom. The van der Waals surface area contributed by atoms with Crippen molar-refractivity contribution >= 4 is 0 Å². The molecule has 94 valence electrons. The van der Waals surface area contributed by atoms with Crippen molar-refractivity contribution in [3.63, 3.8) is 0 Å². The van der Waals surface area contributed by atoms with Gasteiger partial charge in [0.1, 0.15) is 18.5 Å². The lowest BCUT2D eigenvalue weighted by molar-refractivity contribution is 0.108. The molecule has 0 aromatic heterocycles. The Bertz CT molecular complexity index is 506. The van der Waals surface area contributed by atoms with Crippen molar-refractivity contribution in [1.82, 2.24) is 0 Å². The molecule has 0 fully saturated rings. The molecule has 0 saturated carbocycles. The summed E-state index contributed by atoms with van der Waals surface area (Å²) in [4.78, 5) is 0. The van der Waals surface area contributed by atoms with Crippen LogP contribution in [0.3, 0.4) is 0 Å². The summed E-state index contributed by atoms with van der Waals surface area (Å²) in [5.74, 6) is 0.838. The number of hydrogen-bond acceptors (Lipinski definition) is 2. The van der Waals surface area contributed by atoms with Gasteiger partial charge in [0.15, 0.2) is 0 Å². The van der Waals surface area contributed by atoms with Gasteiger partial charge in [-0.1, -0.05) is 42.5 Å². The third kappa shape index (κ3) is 2.90. The second-order valence-corrected chi connectivity index (χ2v) is 4.44. The van der Waals surface area contributed by atoms with E-state index in [2.05, 4.69) is 13.0 Å². The third-order valence-electron chi connectivity index (χ3n) is 3.14. The van der Waals surface area contributed by atoms with E-state index in [-0.39, 0.29) is 6.61 Å². The van der Waals surface area contributed by atoms with Crippen LogP contribution in [0.2, 0.25) is 0 Å². The Morgan fingerprint density at radius 2 is 1.72 bits per heavy atom. The molecule has 2 aromatic rings. The van der Waals surface area contributed by atoms with Crippen molar-refractivity contribution in [3.05, 3.63) is 65.2 Å². The average Bonchev–Trinajstić information content (AvgIpc) is 2.41. The second-order valence-electron chi connectivity index (χ2n) is 4.44. The van der Waals surface area contributed by atoms with E-state index in [1.165, 1.54) is 5.56 Å². The molecule has 0 bridgehead atoms. The van der Waals surface area contributed by atoms with Gasteiger partial charge >= 0.3 is 0 Å². The fraction of sp³-hybridized carbons (Fsp3) is 0.250. The van der Waals surface area contributed by atoms with Gasteiger partial charge in [0.25, 0.3) is 0 Å². The zero-order valence-corrected chi connectivity index (χ0v) is 10.8. The minimum atomic E-state index is -0.592. The van der Waals surface area contributed by atoms with Crippen molar-refractivity contribution < 1.29 is 9.84 Å². The van der Waals surface area contributed by atoms with Gasteiger partial charge in [-0.3, -0.25) is 0 Å². The monoisotopic (exact) mass is 242 g/mol. The fourth-order valence-corrected chi connectivity index (χ4v) is 1.82. The number of aliphatic hydroxyl groups is 1. The van der Waals surface area contributed by atoms with E-state index in [1.54, 1.807) is 0 Å². The third-order valence-corrected chi connectivity index (χ3v) is 3.14. The smallest absolute Gasteiger partial charge is 0.122 e. The van der Waals surface area contributed by atoms with Crippen LogP contribution in [0.25, 0.3) is 0 Å². The van der Waals surface area contributed by atoms with E-state index in [9.17, 15) is 5.11 Å². The molecule has 0 spiro atoms. The molecule has 0 heterocycles. The summed E-state index contributed by atoms with van der Waals surface area (Å²) in [7, 11) is 0. The number of rotatable bonds is 4. The summed E-state index contributed by atoms with van der Waals surface area (Å²) in [6.07, 6.45) is -0.592. The van der Waals surface area contributed by atoms with E-state index >= 15 is 0 Å². The molecule has 0 aliphatic carbocycles. The second kappa shape index (κ2) is 5.69. The summed E-state index contributed by atoms with van der Waals surface area (Å²) < 4.78 is 5.68. The number of benzene rings is 2. The molecule has 0 aliphatic heterocycles. The van der Waals surface area contributed by atoms with Crippen LogP contribution in [0.15, 0.2) is 48.5 Å². The predicted molar refractivity (Wildman–Crippen MR) is 72.8 cm³/mol. The Labute approximate surface area is 108 Å². The zero-order valence-electron chi connectivity index (χ0n) is 10.8. The van der Waals surface area contributed by atoms with Gasteiger partial charge in [0, 0.05) is 0 Å². The van der Waals surface area contributed by atoms with Crippen molar-refractivity contribution in [3.8, 4) is 5.75 Å². The lowest BCUT2D eigenvalue weighted by Gasteiger charge is -2.15. The molecule has 0 aliphatic rings. The quantitative estimate of drug-likeness (QED) is 0.890. The summed E-state index contributed by atoms with van der Waals surface area (Å²) in [5.41, 5.74) is 3.20. The highest BCUT2D eigenvalue weighted by Gasteiger charge is 2.09. The number of ether oxygens (including phenoxy) is 1. The molecule has 1 N–H and O–H groups in total. The lowest BCUT2D eigenvalue weighted by atomic mass is 10.1. The molecule has 0 saturated heterocycles. The minimum absolute atomic E-state index is 0.272. The number of aliphatic hydroxyl groups excluding tert-OH is 1. The summed E-state index contributed by atoms with van der Waals surface area (Å²) in [6, 6.07) is 15.5. The van der Waals surface area contributed by atoms with Gasteiger partial charge in [0.2, 0.25) is 0 Å². The predicted octanol–water partition coefficient (Wildman–Crippen LogP) is 3.42. The van der Waals surface area contributed by atoms with Crippen LogP contribution in [0, 0.1) is 13.8 Å². The average molecular weight is 242 g/mol. The van der Waals surface area contributed by atoms with Crippen LogP contribution in [-0.4, -0.2) is 11.7 Å². The van der Waals surface area contributed by atoms with E-state index in [0.717, 1.165) is 16.9 Å². The lowest BCUT2D eigenvalue weighted by Crippen LogP contribution is -2.10. The highest BCUT2D eigenvalue weighted by atomic mass is 16.5. The van der Waals surface area contributed by atoms with Crippen LogP contribution < -0.4 is 4.74 Å². The molecule has 2 nitrogen and oxygen atoms in total. The fourth-order valence-electron chi connectivity index (χ4n) is 1.82. The van der Waals surface area contributed by atoms with E-state index in [0.29, 0.717) is 0 Å². The maximum Gasteiger partial charge on any atom is 0.122 e. The molecule has 1 atom stereocenters. The number of aryl methyl sites for hydroxylation is 1. The van der Waals surface area contributed by atoms with Gasteiger partial charge < -0.3 is 9.84 Å². The largest absolute Gasteiger partial charge is 0.490 e. The molecule has 0 amide bonds.